The molecule has 1 unspecified atom stereocenters. The van der Waals surface area contributed by atoms with Gasteiger partial charge in [0, 0.05) is 30.8 Å². The molecule has 2 rings (SSSR count). The Morgan fingerprint density at radius 1 is 1.24 bits per heavy atom. The van der Waals surface area contributed by atoms with Gasteiger partial charge in [0.2, 0.25) is 5.95 Å². The lowest BCUT2D eigenvalue weighted by molar-refractivity contribution is 0.636. The van der Waals surface area contributed by atoms with Crippen LogP contribution in [-0.4, -0.2) is 20.6 Å². The Labute approximate surface area is 102 Å². The highest BCUT2D eigenvalue weighted by atomic mass is 15.2. The number of hydrogen-bond acceptors (Lipinski definition) is 3. The highest BCUT2D eigenvalue weighted by Crippen LogP contribution is 2.20. The smallest absolute Gasteiger partial charge is 0.203 e. The summed E-state index contributed by atoms with van der Waals surface area (Å²) in [6.07, 6.45) is 7.49. The van der Waals surface area contributed by atoms with Gasteiger partial charge in [0.15, 0.2) is 0 Å². The van der Waals surface area contributed by atoms with E-state index < -0.39 is 0 Å². The molecule has 0 saturated carbocycles. The molecule has 0 saturated heterocycles. The molecular formula is C13H18N4. The molecular weight excluding hydrogens is 212 g/mol. The Bertz CT molecular complexity index is 461. The lowest BCUT2D eigenvalue weighted by Gasteiger charge is -2.18. The lowest BCUT2D eigenvalue weighted by atomic mass is 10.1. The van der Waals surface area contributed by atoms with E-state index in [0.29, 0.717) is 6.04 Å². The fourth-order valence-electron chi connectivity index (χ4n) is 1.78. The fourth-order valence-corrected chi connectivity index (χ4v) is 1.78. The lowest BCUT2D eigenvalue weighted by Crippen LogP contribution is -2.16. The van der Waals surface area contributed by atoms with E-state index in [9.17, 15) is 0 Å². The molecule has 0 bridgehead atoms. The van der Waals surface area contributed by atoms with Gasteiger partial charge >= 0.3 is 0 Å². The van der Waals surface area contributed by atoms with Gasteiger partial charge in [-0.3, -0.25) is 4.98 Å². The molecule has 4 heteroatoms. The van der Waals surface area contributed by atoms with Crippen molar-refractivity contribution in [2.45, 2.75) is 32.9 Å². The summed E-state index contributed by atoms with van der Waals surface area (Å²) in [6, 6.07) is 4.64. The molecule has 0 aliphatic heterocycles. The molecule has 0 fully saturated rings. The van der Waals surface area contributed by atoms with Crippen LogP contribution in [0.5, 0.6) is 0 Å². The third-order valence-electron chi connectivity index (χ3n) is 2.67. The van der Waals surface area contributed by atoms with Gasteiger partial charge in [-0.1, -0.05) is 6.07 Å². The van der Waals surface area contributed by atoms with Crippen molar-refractivity contribution >= 4 is 5.95 Å². The van der Waals surface area contributed by atoms with Crippen LogP contribution >= 0.6 is 0 Å². The van der Waals surface area contributed by atoms with E-state index in [1.807, 2.05) is 24.7 Å². The van der Waals surface area contributed by atoms with Crippen LogP contribution in [0.3, 0.4) is 0 Å². The summed E-state index contributed by atoms with van der Waals surface area (Å²) in [5.41, 5.74) is 1.18. The predicted octanol–water partition coefficient (Wildman–Crippen LogP) is 2.71. The van der Waals surface area contributed by atoms with Crippen LogP contribution in [0.15, 0.2) is 36.9 Å². The number of pyridine rings is 1. The topological polar surface area (TPSA) is 42.7 Å². The summed E-state index contributed by atoms with van der Waals surface area (Å²) in [5, 5.41) is 3.34. The van der Waals surface area contributed by atoms with Gasteiger partial charge in [-0.15, -0.1) is 0 Å². The quantitative estimate of drug-likeness (QED) is 0.878. The number of hydrogen-bond donors (Lipinski definition) is 1. The first-order valence-corrected chi connectivity index (χ1v) is 5.87. The van der Waals surface area contributed by atoms with Gasteiger partial charge < -0.3 is 9.88 Å². The average Bonchev–Trinajstić information content (AvgIpc) is 2.76. The van der Waals surface area contributed by atoms with E-state index in [0.717, 1.165) is 5.95 Å². The van der Waals surface area contributed by atoms with Crippen LogP contribution in [0.1, 0.15) is 32.4 Å². The third-order valence-corrected chi connectivity index (χ3v) is 2.67. The normalized spacial score (nSPS) is 12.7. The monoisotopic (exact) mass is 230 g/mol. The second-order valence-electron chi connectivity index (χ2n) is 4.42. The van der Waals surface area contributed by atoms with Crippen molar-refractivity contribution in [1.82, 2.24) is 14.5 Å². The first-order chi connectivity index (χ1) is 8.18. The highest BCUT2D eigenvalue weighted by Gasteiger charge is 2.12. The van der Waals surface area contributed by atoms with Gasteiger partial charge in [-0.25, -0.2) is 4.98 Å². The summed E-state index contributed by atoms with van der Waals surface area (Å²) < 4.78 is 2.12. The number of nitrogens with one attached hydrogen (secondary N) is 1. The summed E-state index contributed by atoms with van der Waals surface area (Å²) in [6.45, 7) is 6.35. The molecule has 0 radical (unpaired) electrons. The second kappa shape index (κ2) is 4.99. The summed E-state index contributed by atoms with van der Waals surface area (Å²) in [7, 11) is 0. The zero-order valence-corrected chi connectivity index (χ0v) is 10.5. The van der Waals surface area contributed by atoms with Crippen LogP contribution in [-0.2, 0) is 0 Å². The third kappa shape index (κ3) is 2.64. The zero-order chi connectivity index (χ0) is 12.3. The average molecular weight is 230 g/mol. The Balaban J connectivity index is 2.25. The first-order valence-electron chi connectivity index (χ1n) is 5.87. The van der Waals surface area contributed by atoms with Gasteiger partial charge in [0.1, 0.15) is 0 Å². The molecule has 2 aromatic rings. The van der Waals surface area contributed by atoms with Crippen molar-refractivity contribution < 1.29 is 0 Å². The van der Waals surface area contributed by atoms with Crippen LogP contribution < -0.4 is 5.32 Å². The number of anilines is 1. The maximum atomic E-state index is 4.33. The molecule has 0 aliphatic rings. The van der Waals surface area contributed by atoms with Crippen molar-refractivity contribution in [2.75, 3.05) is 5.32 Å². The number of nitrogens with zero attached hydrogens (tertiary/aromatic N) is 3. The van der Waals surface area contributed by atoms with Crippen molar-refractivity contribution in [3.05, 3.63) is 42.5 Å². The fraction of sp³-hybridized carbons (Fsp3) is 0.385. The second-order valence-corrected chi connectivity index (χ2v) is 4.42. The maximum absolute atomic E-state index is 4.33. The zero-order valence-electron chi connectivity index (χ0n) is 10.5. The van der Waals surface area contributed by atoms with Crippen LogP contribution in [0, 0.1) is 0 Å². The van der Waals surface area contributed by atoms with Crippen molar-refractivity contribution in [3.63, 3.8) is 0 Å². The molecule has 0 aliphatic carbocycles. The molecule has 0 aromatic carbocycles. The van der Waals surface area contributed by atoms with Crippen LogP contribution in [0.2, 0.25) is 0 Å². The van der Waals surface area contributed by atoms with Crippen molar-refractivity contribution in [3.8, 4) is 0 Å². The van der Waals surface area contributed by atoms with Gasteiger partial charge in [-0.05, 0) is 32.4 Å². The molecule has 1 N–H and O–H groups in total. The van der Waals surface area contributed by atoms with E-state index >= 15 is 0 Å². The van der Waals surface area contributed by atoms with Gasteiger partial charge in [0.25, 0.3) is 0 Å². The van der Waals surface area contributed by atoms with Gasteiger partial charge in [0.05, 0.1) is 6.04 Å². The van der Waals surface area contributed by atoms with E-state index in [1.165, 1.54) is 5.56 Å². The number of aromatic nitrogens is 3. The molecule has 0 spiro atoms. The molecule has 90 valence electrons. The summed E-state index contributed by atoms with van der Waals surface area (Å²) in [4.78, 5) is 8.49. The maximum Gasteiger partial charge on any atom is 0.203 e. The van der Waals surface area contributed by atoms with E-state index in [2.05, 4.69) is 46.7 Å². The molecule has 2 aromatic heterocycles. The van der Waals surface area contributed by atoms with E-state index in [4.69, 9.17) is 0 Å². The van der Waals surface area contributed by atoms with Gasteiger partial charge in [-0.2, -0.15) is 0 Å². The van der Waals surface area contributed by atoms with Crippen molar-refractivity contribution in [2.24, 2.45) is 0 Å². The minimum atomic E-state index is 0.229. The Morgan fingerprint density at radius 3 is 2.71 bits per heavy atom. The standard InChI is InChI=1S/C13H18N4/c1-10(2)16-13-15-7-8-17(13)11(3)12-5-4-6-14-9-12/h4-11H,1-3H3,(H,15,16). The highest BCUT2D eigenvalue weighted by molar-refractivity contribution is 5.30. The predicted molar refractivity (Wildman–Crippen MR) is 69.0 cm³/mol. The van der Waals surface area contributed by atoms with Crippen molar-refractivity contribution in [1.29, 1.82) is 0 Å². The van der Waals surface area contributed by atoms with Crippen LogP contribution in [0.25, 0.3) is 0 Å². The summed E-state index contributed by atoms with van der Waals surface area (Å²) in [5.74, 6) is 0.899. The molecule has 1 atom stereocenters. The first kappa shape index (κ1) is 11.6. The number of rotatable bonds is 4. The number of imidazole rings is 1. The largest absolute Gasteiger partial charge is 0.353 e. The molecule has 17 heavy (non-hydrogen) atoms. The molecule has 4 nitrogen and oxygen atoms in total. The minimum absolute atomic E-state index is 0.229. The Kier molecular flexibility index (Phi) is 3.42. The van der Waals surface area contributed by atoms with E-state index in [-0.39, 0.29) is 6.04 Å². The molecule has 2 heterocycles. The minimum Gasteiger partial charge on any atom is -0.353 e. The van der Waals surface area contributed by atoms with E-state index in [1.54, 1.807) is 6.20 Å². The summed E-state index contributed by atoms with van der Waals surface area (Å²) >= 11 is 0. The Hall–Kier alpha value is -1.84. The molecule has 0 amide bonds. The van der Waals surface area contributed by atoms with Crippen LogP contribution in [0.4, 0.5) is 5.95 Å². The SMILES string of the molecule is CC(C)Nc1nccn1C(C)c1cccnc1. The Morgan fingerprint density at radius 2 is 2.06 bits per heavy atom.